The Hall–Kier alpha value is -2.85. The third-order valence-electron chi connectivity index (χ3n) is 5.73. The second kappa shape index (κ2) is 5.57. The van der Waals surface area contributed by atoms with Gasteiger partial charge in [-0.2, -0.15) is 0 Å². The van der Waals surface area contributed by atoms with Crippen molar-refractivity contribution in [1.82, 2.24) is 0 Å². The van der Waals surface area contributed by atoms with Crippen LogP contribution in [0.1, 0.15) is 45.2 Å². The first-order chi connectivity index (χ1) is 13.1. The van der Waals surface area contributed by atoms with Crippen LogP contribution in [0.5, 0.6) is 23.0 Å². The molecule has 3 aliphatic rings. The molecule has 3 aliphatic carbocycles. The average molecular weight is 381 g/mol. The van der Waals surface area contributed by atoms with Crippen LogP contribution in [0.3, 0.4) is 0 Å². The van der Waals surface area contributed by atoms with Crippen LogP contribution in [0.15, 0.2) is 42.5 Å². The highest BCUT2D eigenvalue weighted by atomic mass is 35.5. The number of hydrogen-bond donors (Lipinski definition) is 2. The SMILES string of the molecule is COc1ccc(OC)c2c1C1c3ccccc3C2c2c(O)c(Cl)cc(O)c21. The zero-order valence-electron chi connectivity index (χ0n) is 14.8. The topological polar surface area (TPSA) is 58.9 Å². The molecule has 0 aromatic heterocycles. The van der Waals surface area contributed by atoms with Crippen molar-refractivity contribution in [3.05, 3.63) is 80.9 Å². The van der Waals surface area contributed by atoms with Gasteiger partial charge < -0.3 is 19.7 Å². The molecule has 0 aliphatic heterocycles. The van der Waals surface area contributed by atoms with Gasteiger partial charge in [-0.3, -0.25) is 0 Å². The van der Waals surface area contributed by atoms with Crippen LogP contribution in [-0.4, -0.2) is 24.4 Å². The van der Waals surface area contributed by atoms with Crippen LogP contribution in [-0.2, 0) is 0 Å². The molecular weight excluding hydrogens is 364 g/mol. The summed E-state index contributed by atoms with van der Waals surface area (Å²) in [5.41, 5.74) is 5.40. The van der Waals surface area contributed by atoms with E-state index in [-0.39, 0.29) is 28.4 Å². The normalized spacial score (nSPS) is 18.5. The molecule has 0 saturated carbocycles. The molecule has 0 fully saturated rings. The number of aromatic hydroxyl groups is 2. The van der Waals surface area contributed by atoms with Crippen LogP contribution in [0, 0.1) is 0 Å². The largest absolute Gasteiger partial charge is 0.508 e. The van der Waals surface area contributed by atoms with Crippen molar-refractivity contribution >= 4 is 11.6 Å². The zero-order chi connectivity index (χ0) is 18.9. The van der Waals surface area contributed by atoms with Crippen molar-refractivity contribution < 1.29 is 19.7 Å². The van der Waals surface area contributed by atoms with E-state index in [4.69, 9.17) is 21.1 Å². The molecular formula is C22H17ClO4. The zero-order valence-corrected chi connectivity index (χ0v) is 15.5. The Labute approximate surface area is 161 Å². The predicted octanol–water partition coefficient (Wildman–Crippen LogP) is 4.76. The van der Waals surface area contributed by atoms with E-state index in [2.05, 4.69) is 12.1 Å². The lowest BCUT2D eigenvalue weighted by atomic mass is 9.60. The third-order valence-corrected chi connectivity index (χ3v) is 6.02. The van der Waals surface area contributed by atoms with Crippen molar-refractivity contribution in [3.63, 3.8) is 0 Å². The van der Waals surface area contributed by atoms with Gasteiger partial charge in [-0.05, 0) is 23.3 Å². The van der Waals surface area contributed by atoms with Gasteiger partial charge in [-0.25, -0.2) is 0 Å². The number of phenols is 2. The molecule has 2 N–H and O–H groups in total. The fourth-order valence-electron chi connectivity index (χ4n) is 4.75. The van der Waals surface area contributed by atoms with Crippen molar-refractivity contribution in [2.75, 3.05) is 14.2 Å². The summed E-state index contributed by atoms with van der Waals surface area (Å²) in [4.78, 5) is 0. The molecule has 136 valence electrons. The molecule has 5 heteroatoms. The Morgan fingerprint density at radius 2 is 1.30 bits per heavy atom. The van der Waals surface area contributed by atoms with Crippen LogP contribution >= 0.6 is 11.6 Å². The fraction of sp³-hybridized carbons (Fsp3) is 0.182. The molecule has 0 amide bonds. The second-order valence-corrected chi connectivity index (χ2v) is 7.25. The van der Waals surface area contributed by atoms with Gasteiger partial charge in [0.05, 0.1) is 19.2 Å². The van der Waals surface area contributed by atoms with Gasteiger partial charge >= 0.3 is 0 Å². The standard InChI is InChI=1S/C22H17ClO4/c1-26-14-7-8-15(27-2)20-17-11-6-4-3-5-10(11)16(19(14)20)18-13(24)9-12(23)22(25)21(17)18/h3-9,16-17,24-25H,1-2H3. The number of hydrogen-bond acceptors (Lipinski definition) is 4. The van der Waals surface area contributed by atoms with E-state index >= 15 is 0 Å². The molecule has 0 saturated heterocycles. The lowest BCUT2D eigenvalue weighted by Crippen LogP contribution is -2.28. The van der Waals surface area contributed by atoms with E-state index in [1.807, 2.05) is 24.3 Å². The maximum atomic E-state index is 10.8. The van der Waals surface area contributed by atoms with Gasteiger partial charge in [0.2, 0.25) is 0 Å². The van der Waals surface area contributed by atoms with Crippen molar-refractivity contribution in [2.24, 2.45) is 0 Å². The lowest BCUT2D eigenvalue weighted by Gasteiger charge is -2.43. The highest BCUT2D eigenvalue weighted by molar-refractivity contribution is 6.32. The highest BCUT2D eigenvalue weighted by Gasteiger charge is 2.47. The summed E-state index contributed by atoms with van der Waals surface area (Å²) >= 11 is 6.21. The van der Waals surface area contributed by atoms with Gasteiger partial charge in [0.1, 0.15) is 23.0 Å². The first-order valence-electron chi connectivity index (χ1n) is 8.66. The predicted molar refractivity (Wildman–Crippen MR) is 103 cm³/mol. The molecule has 3 aromatic rings. The van der Waals surface area contributed by atoms with Crippen molar-refractivity contribution in [1.29, 1.82) is 0 Å². The van der Waals surface area contributed by atoms with Gasteiger partial charge in [-0.1, -0.05) is 35.9 Å². The summed E-state index contributed by atoms with van der Waals surface area (Å²) in [6.07, 6.45) is 0. The number of halogens is 1. The Kier molecular flexibility index (Phi) is 3.37. The molecule has 2 atom stereocenters. The second-order valence-electron chi connectivity index (χ2n) is 6.85. The smallest absolute Gasteiger partial charge is 0.138 e. The molecule has 0 spiro atoms. The van der Waals surface area contributed by atoms with Gasteiger partial charge in [0.25, 0.3) is 0 Å². The molecule has 0 radical (unpaired) electrons. The molecule has 3 aromatic carbocycles. The minimum Gasteiger partial charge on any atom is -0.508 e. The van der Waals surface area contributed by atoms with Crippen molar-refractivity contribution in [2.45, 2.75) is 11.8 Å². The lowest BCUT2D eigenvalue weighted by molar-refractivity contribution is 0.386. The van der Waals surface area contributed by atoms with Gasteiger partial charge in [0, 0.05) is 40.2 Å². The number of ether oxygens (including phenoxy) is 2. The Morgan fingerprint density at radius 3 is 1.81 bits per heavy atom. The number of rotatable bonds is 2. The summed E-state index contributed by atoms with van der Waals surface area (Å²) in [5, 5.41) is 21.7. The summed E-state index contributed by atoms with van der Waals surface area (Å²) in [6, 6.07) is 13.2. The van der Waals surface area contributed by atoms with E-state index in [1.165, 1.54) is 6.07 Å². The monoisotopic (exact) mass is 380 g/mol. The van der Waals surface area contributed by atoms with E-state index < -0.39 is 0 Å². The Balaban J connectivity index is 1.98. The van der Waals surface area contributed by atoms with Gasteiger partial charge in [0.15, 0.2) is 0 Å². The molecule has 6 rings (SSSR count). The quantitative estimate of drug-likeness (QED) is 0.434. The average Bonchev–Trinajstić information content (AvgIpc) is 2.70. The van der Waals surface area contributed by atoms with E-state index in [0.717, 1.165) is 33.8 Å². The minimum atomic E-state index is -0.300. The van der Waals surface area contributed by atoms with E-state index in [9.17, 15) is 10.2 Å². The highest BCUT2D eigenvalue weighted by Crippen LogP contribution is 2.64. The molecule has 0 heterocycles. The molecule has 27 heavy (non-hydrogen) atoms. The minimum absolute atomic E-state index is 0.00416. The van der Waals surface area contributed by atoms with Crippen LogP contribution < -0.4 is 9.47 Å². The number of phenolic OH excluding ortho intramolecular Hbond substituents is 2. The van der Waals surface area contributed by atoms with Crippen LogP contribution in [0.2, 0.25) is 5.02 Å². The van der Waals surface area contributed by atoms with E-state index in [0.29, 0.717) is 11.1 Å². The maximum Gasteiger partial charge on any atom is 0.138 e. The summed E-state index contributed by atoms with van der Waals surface area (Å²) < 4.78 is 11.3. The summed E-state index contributed by atoms with van der Waals surface area (Å²) in [6.45, 7) is 0. The first-order valence-corrected chi connectivity index (χ1v) is 9.04. The van der Waals surface area contributed by atoms with Crippen LogP contribution in [0.25, 0.3) is 0 Å². The Morgan fingerprint density at radius 1 is 0.778 bits per heavy atom. The van der Waals surface area contributed by atoms with Gasteiger partial charge in [-0.15, -0.1) is 0 Å². The number of methoxy groups -OCH3 is 2. The fourth-order valence-corrected chi connectivity index (χ4v) is 4.96. The molecule has 2 unspecified atom stereocenters. The molecule has 4 nitrogen and oxygen atoms in total. The summed E-state index contributed by atoms with van der Waals surface area (Å²) in [7, 11) is 3.27. The first kappa shape index (κ1) is 16.3. The molecule has 2 bridgehead atoms. The van der Waals surface area contributed by atoms with Crippen LogP contribution in [0.4, 0.5) is 0 Å². The third kappa shape index (κ3) is 1.94. The summed E-state index contributed by atoms with van der Waals surface area (Å²) in [5.74, 6) is 0.960. The maximum absolute atomic E-state index is 10.8. The van der Waals surface area contributed by atoms with Crippen molar-refractivity contribution in [3.8, 4) is 23.0 Å². The number of benzene rings is 3. The van der Waals surface area contributed by atoms with E-state index in [1.54, 1.807) is 14.2 Å². The Bertz CT molecular complexity index is 1110.